The van der Waals surface area contributed by atoms with E-state index in [-0.39, 0.29) is 12.0 Å². The zero-order valence-corrected chi connectivity index (χ0v) is 17.6. The van der Waals surface area contributed by atoms with E-state index in [0.717, 1.165) is 62.8 Å². The van der Waals surface area contributed by atoms with E-state index in [1.54, 1.807) is 0 Å². The summed E-state index contributed by atoms with van der Waals surface area (Å²) in [5.74, 6) is 0.323. The Balaban J connectivity index is 1.26. The summed E-state index contributed by atoms with van der Waals surface area (Å²) in [4.78, 5) is 28.9. The fraction of sp³-hybridized carbons (Fsp3) is 0.591. The number of H-pyrrole nitrogens is 1. The van der Waals surface area contributed by atoms with Gasteiger partial charge in [0, 0.05) is 37.6 Å². The average Bonchev–Trinajstić information content (AvgIpc) is 3.22. The number of aromatic nitrogens is 2. The first kappa shape index (κ1) is 20.7. The van der Waals surface area contributed by atoms with Crippen molar-refractivity contribution in [1.82, 2.24) is 25.3 Å². The number of amides is 2. The van der Waals surface area contributed by atoms with Gasteiger partial charge in [0.2, 0.25) is 0 Å². The van der Waals surface area contributed by atoms with E-state index in [2.05, 4.69) is 20.4 Å². The van der Waals surface area contributed by atoms with Crippen LogP contribution in [0.25, 0.3) is 10.9 Å². The Labute approximate surface area is 176 Å². The van der Waals surface area contributed by atoms with E-state index in [9.17, 15) is 9.59 Å². The summed E-state index contributed by atoms with van der Waals surface area (Å²) in [6, 6.07) is 8.19. The van der Waals surface area contributed by atoms with Crippen LogP contribution in [0.5, 0.6) is 0 Å². The van der Waals surface area contributed by atoms with Crippen molar-refractivity contribution in [3.8, 4) is 0 Å². The second-order valence-electron chi connectivity index (χ2n) is 8.25. The van der Waals surface area contributed by atoms with E-state index in [1.165, 1.54) is 0 Å². The number of nitrogens with one attached hydrogen (secondary N) is 2. The Hall–Kier alpha value is -2.61. The summed E-state index contributed by atoms with van der Waals surface area (Å²) >= 11 is 0. The fourth-order valence-electron chi connectivity index (χ4n) is 4.68. The van der Waals surface area contributed by atoms with Crippen LogP contribution in [-0.2, 0) is 4.74 Å². The lowest BCUT2D eigenvalue weighted by molar-refractivity contribution is 0.0573. The third-order valence-electron chi connectivity index (χ3n) is 6.29. The molecule has 0 spiro atoms. The van der Waals surface area contributed by atoms with Crippen LogP contribution in [-0.4, -0.2) is 77.4 Å². The third-order valence-corrected chi connectivity index (χ3v) is 6.29. The molecule has 0 saturated carbocycles. The predicted molar refractivity (Wildman–Crippen MR) is 114 cm³/mol. The van der Waals surface area contributed by atoms with E-state index in [0.29, 0.717) is 30.8 Å². The number of carbonyl (C=O) groups is 2. The van der Waals surface area contributed by atoms with Crippen molar-refractivity contribution in [2.45, 2.75) is 38.6 Å². The van der Waals surface area contributed by atoms with Crippen molar-refractivity contribution in [2.75, 3.05) is 39.3 Å². The van der Waals surface area contributed by atoms with Crippen LogP contribution in [0, 0.1) is 5.92 Å². The molecule has 2 fully saturated rings. The lowest BCUT2D eigenvalue weighted by atomic mass is 9.94. The number of para-hydroxylation sites is 1. The molecule has 0 aliphatic carbocycles. The number of ether oxygens (including phenoxy) is 1. The molecule has 0 bridgehead atoms. The Morgan fingerprint density at radius 2 is 2.00 bits per heavy atom. The molecular formula is C22H31N5O3. The van der Waals surface area contributed by atoms with Gasteiger partial charge in [-0.15, -0.1) is 0 Å². The number of rotatable bonds is 5. The summed E-state index contributed by atoms with van der Waals surface area (Å²) in [6.07, 6.45) is 4.04. The van der Waals surface area contributed by atoms with Crippen LogP contribution in [0.3, 0.4) is 0 Å². The Morgan fingerprint density at radius 3 is 2.80 bits per heavy atom. The molecule has 2 aliphatic heterocycles. The molecule has 8 heteroatoms. The number of piperidine rings is 2. The van der Waals surface area contributed by atoms with Gasteiger partial charge in [-0.2, -0.15) is 5.10 Å². The van der Waals surface area contributed by atoms with Crippen molar-refractivity contribution < 1.29 is 14.3 Å². The minimum absolute atomic E-state index is 0.118. The highest BCUT2D eigenvalue weighted by molar-refractivity contribution is 6.04. The number of likely N-dealkylation sites (tertiary alicyclic amines) is 2. The molecule has 8 nitrogen and oxygen atoms in total. The number of aromatic amines is 1. The molecule has 2 N–H and O–H groups in total. The Bertz CT molecular complexity index is 875. The van der Waals surface area contributed by atoms with Gasteiger partial charge >= 0.3 is 6.09 Å². The highest BCUT2D eigenvalue weighted by atomic mass is 16.6. The third kappa shape index (κ3) is 4.59. The van der Waals surface area contributed by atoms with Crippen molar-refractivity contribution in [1.29, 1.82) is 0 Å². The zero-order chi connectivity index (χ0) is 20.9. The topological polar surface area (TPSA) is 90.6 Å². The molecule has 0 unspecified atom stereocenters. The molecule has 2 saturated heterocycles. The van der Waals surface area contributed by atoms with Crippen LogP contribution in [0.2, 0.25) is 0 Å². The van der Waals surface area contributed by atoms with Gasteiger partial charge in [0.05, 0.1) is 12.1 Å². The number of hydrogen-bond acceptors (Lipinski definition) is 5. The van der Waals surface area contributed by atoms with E-state index < -0.39 is 0 Å². The average molecular weight is 414 g/mol. The van der Waals surface area contributed by atoms with Crippen molar-refractivity contribution in [2.24, 2.45) is 5.92 Å². The smallest absolute Gasteiger partial charge is 0.409 e. The van der Waals surface area contributed by atoms with Gasteiger partial charge in [-0.05, 0) is 51.1 Å². The van der Waals surface area contributed by atoms with Crippen molar-refractivity contribution in [3.05, 3.63) is 30.0 Å². The van der Waals surface area contributed by atoms with Crippen molar-refractivity contribution in [3.63, 3.8) is 0 Å². The highest BCUT2D eigenvalue weighted by Gasteiger charge is 2.30. The normalized spacial score (nSPS) is 21.0. The lowest BCUT2D eigenvalue weighted by Crippen LogP contribution is -2.50. The first-order valence-electron chi connectivity index (χ1n) is 11.0. The first-order valence-corrected chi connectivity index (χ1v) is 11.0. The Morgan fingerprint density at radius 1 is 1.20 bits per heavy atom. The van der Waals surface area contributed by atoms with Crippen LogP contribution in [0.4, 0.5) is 4.79 Å². The van der Waals surface area contributed by atoms with Crippen LogP contribution in [0.15, 0.2) is 24.3 Å². The van der Waals surface area contributed by atoms with Gasteiger partial charge in [0.15, 0.2) is 5.69 Å². The number of fused-ring (bicyclic) bond motifs is 1. The maximum atomic E-state index is 12.6. The standard InChI is InChI=1S/C22H31N5O3/c1-2-30-22(29)26-12-9-17(10-13-26)27-11-5-6-16(15-27)14-23-21(28)20-18-7-3-4-8-19(18)24-25-20/h3-4,7-8,16-17H,2,5-6,9-15H2,1H3,(H,23,28)(H,24,25)/t16-/m0/s1. The highest BCUT2D eigenvalue weighted by Crippen LogP contribution is 2.24. The van der Waals surface area contributed by atoms with E-state index in [1.807, 2.05) is 36.1 Å². The van der Waals surface area contributed by atoms with Gasteiger partial charge in [-0.3, -0.25) is 14.8 Å². The largest absolute Gasteiger partial charge is 0.450 e. The summed E-state index contributed by atoms with van der Waals surface area (Å²) in [7, 11) is 0. The molecule has 3 heterocycles. The van der Waals surface area contributed by atoms with E-state index in [4.69, 9.17) is 4.74 Å². The minimum Gasteiger partial charge on any atom is -0.450 e. The SMILES string of the molecule is CCOC(=O)N1CCC(N2CCC[C@@H](CNC(=O)c3n[nH]c4ccccc34)C2)CC1. The number of nitrogens with zero attached hydrogens (tertiary/aromatic N) is 3. The predicted octanol–water partition coefficient (Wildman–Crippen LogP) is 2.63. The monoisotopic (exact) mass is 413 g/mol. The zero-order valence-electron chi connectivity index (χ0n) is 17.6. The van der Waals surface area contributed by atoms with Gasteiger partial charge in [0.25, 0.3) is 5.91 Å². The quantitative estimate of drug-likeness (QED) is 0.786. The summed E-state index contributed by atoms with van der Waals surface area (Å²) in [5, 5.41) is 11.1. The second kappa shape index (κ2) is 9.47. The molecule has 162 valence electrons. The second-order valence-corrected chi connectivity index (χ2v) is 8.25. The number of carbonyl (C=O) groups excluding carboxylic acids is 2. The Kier molecular flexibility index (Phi) is 6.52. The van der Waals surface area contributed by atoms with E-state index >= 15 is 0 Å². The molecule has 1 aromatic heterocycles. The molecule has 0 radical (unpaired) electrons. The van der Waals surface area contributed by atoms with Gasteiger partial charge < -0.3 is 15.0 Å². The molecule has 1 aromatic carbocycles. The van der Waals surface area contributed by atoms with Crippen LogP contribution in [0.1, 0.15) is 43.1 Å². The molecule has 30 heavy (non-hydrogen) atoms. The maximum absolute atomic E-state index is 12.6. The van der Waals surface area contributed by atoms with Crippen LogP contribution < -0.4 is 5.32 Å². The van der Waals surface area contributed by atoms with Gasteiger partial charge in [-0.1, -0.05) is 18.2 Å². The first-order chi connectivity index (χ1) is 14.7. The molecule has 1 atom stereocenters. The summed E-state index contributed by atoms with van der Waals surface area (Å²) in [6.45, 7) is 6.53. The lowest BCUT2D eigenvalue weighted by Gasteiger charge is -2.42. The summed E-state index contributed by atoms with van der Waals surface area (Å²) in [5.41, 5.74) is 1.34. The molecule has 4 rings (SSSR count). The van der Waals surface area contributed by atoms with Gasteiger partial charge in [-0.25, -0.2) is 4.79 Å². The molecule has 2 aromatic rings. The van der Waals surface area contributed by atoms with Gasteiger partial charge in [0.1, 0.15) is 0 Å². The summed E-state index contributed by atoms with van der Waals surface area (Å²) < 4.78 is 5.12. The van der Waals surface area contributed by atoms with Crippen molar-refractivity contribution >= 4 is 22.9 Å². The number of hydrogen-bond donors (Lipinski definition) is 2. The molecule has 2 aliphatic rings. The molecule has 2 amide bonds. The van der Waals surface area contributed by atoms with Crippen LogP contribution >= 0.6 is 0 Å². The maximum Gasteiger partial charge on any atom is 0.409 e. The molecular weight excluding hydrogens is 382 g/mol. The number of benzene rings is 1. The fourth-order valence-corrected chi connectivity index (χ4v) is 4.68. The minimum atomic E-state index is -0.193.